The zero-order valence-corrected chi connectivity index (χ0v) is 24.6. The first-order valence-corrected chi connectivity index (χ1v) is 13.9. The summed E-state index contributed by atoms with van der Waals surface area (Å²) in [7, 11) is 1.63. The van der Waals surface area contributed by atoms with E-state index in [9.17, 15) is 9.59 Å². The van der Waals surface area contributed by atoms with Gasteiger partial charge in [0.25, 0.3) is 5.56 Å². The smallest absolute Gasteiger partial charge is 0.408 e. The Hall–Kier alpha value is -3.89. The second-order valence-corrected chi connectivity index (χ2v) is 11.6. The molecule has 0 spiro atoms. The lowest BCUT2D eigenvalue weighted by molar-refractivity contribution is 0.0464. The molecule has 3 heterocycles. The molecule has 1 saturated carbocycles. The van der Waals surface area contributed by atoms with Gasteiger partial charge in [0.1, 0.15) is 28.9 Å². The van der Waals surface area contributed by atoms with E-state index in [1.165, 1.54) is 4.57 Å². The molecule has 214 valence electrons. The highest BCUT2D eigenvalue weighted by atomic mass is 35.5. The molecule has 1 aliphatic carbocycles. The molecular weight excluding hydrogens is 567 g/mol. The molecule has 0 unspecified atom stereocenters. The highest BCUT2D eigenvalue weighted by molar-refractivity contribution is 6.39. The van der Waals surface area contributed by atoms with Gasteiger partial charge in [-0.1, -0.05) is 29.3 Å². The van der Waals surface area contributed by atoms with Crippen molar-refractivity contribution in [3.63, 3.8) is 0 Å². The van der Waals surface area contributed by atoms with Crippen molar-refractivity contribution in [2.75, 3.05) is 5.32 Å². The number of carbonyl (C=O) groups excluding carboxylic acids is 1. The van der Waals surface area contributed by atoms with Gasteiger partial charge in [0, 0.05) is 24.2 Å². The highest BCUT2D eigenvalue weighted by Crippen LogP contribution is 2.34. The predicted molar refractivity (Wildman–Crippen MR) is 159 cm³/mol. The number of rotatable bonds is 6. The number of hydrogen-bond acceptors (Lipinski definition) is 8. The number of anilines is 2. The molecule has 0 saturated heterocycles. The summed E-state index contributed by atoms with van der Waals surface area (Å²) in [5.41, 5.74) is 0.412. The Balaban J connectivity index is 1.29. The normalized spacial score (nSPS) is 16.9. The van der Waals surface area contributed by atoms with Crippen LogP contribution in [-0.4, -0.2) is 43.4 Å². The molecule has 2 atom stereocenters. The number of hydrogen-bond donors (Lipinski definition) is 2. The molecule has 1 fully saturated rings. The third-order valence-electron chi connectivity index (χ3n) is 6.60. The van der Waals surface area contributed by atoms with Gasteiger partial charge in [-0.2, -0.15) is 4.98 Å². The van der Waals surface area contributed by atoms with Crippen molar-refractivity contribution < 1.29 is 14.3 Å². The maximum Gasteiger partial charge on any atom is 0.408 e. The molecule has 2 N–H and O–H groups in total. The Morgan fingerprint density at radius 3 is 2.51 bits per heavy atom. The molecular formula is C29H30Cl2N6O4. The van der Waals surface area contributed by atoms with E-state index in [0.717, 1.165) is 19.3 Å². The van der Waals surface area contributed by atoms with Gasteiger partial charge >= 0.3 is 6.09 Å². The lowest BCUT2D eigenvalue weighted by Crippen LogP contribution is -2.44. The van der Waals surface area contributed by atoms with E-state index in [4.69, 9.17) is 32.7 Å². The van der Waals surface area contributed by atoms with Crippen LogP contribution in [0.4, 0.5) is 16.6 Å². The quantitative estimate of drug-likeness (QED) is 0.267. The van der Waals surface area contributed by atoms with Crippen LogP contribution in [0.15, 0.2) is 53.6 Å². The standard InChI is InChI=1S/C29H30Cl2N6O4/c1-29(2,3)41-28(39)34-21-9-6-10-22(21)40-17-11-12-23(32-15-17)35-27-33-14-16-13-18(26(38)37(4)25(16)36-27)24-19(30)7-5-8-20(24)31/h5,7-8,11-15,21-22H,6,9-10H2,1-4H3,(H,34,39)(H,32,33,35,36)/t21-,22+/m1/s1. The number of carbonyl (C=O) groups is 1. The van der Waals surface area contributed by atoms with Crippen LogP contribution < -0.4 is 20.9 Å². The first-order chi connectivity index (χ1) is 19.5. The van der Waals surface area contributed by atoms with Crippen molar-refractivity contribution >= 4 is 52.1 Å². The SMILES string of the molecule is Cn1c(=O)c(-c2c(Cl)cccc2Cl)cc2cnc(Nc3ccc(O[C@H]4CCC[C@H]4NC(=O)OC(C)(C)C)cn3)nc21. The summed E-state index contributed by atoms with van der Waals surface area (Å²) in [6.45, 7) is 5.49. The number of alkyl carbamates (subject to hydrolysis) is 1. The first-order valence-electron chi connectivity index (χ1n) is 13.2. The summed E-state index contributed by atoms with van der Waals surface area (Å²) in [5.74, 6) is 1.34. The van der Waals surface area contributed by atoms with Crippen molar-refractivity contribution in [1.82, 2.24) is 24.8 Å². The van der Waals surface area contributed by atoms with Crippen molar-refractivity contribution in [2.45, 2.75) is 57.8 Å². The van der Waals surface area contributed by atoms with Crippen molar-refractivity contribution in [3.05, 3.63) is 69.2 Å². The van der Waals surface area contributed by atoms with Crippen LogP contribution in [0.25, 0.3) is 22.2 Å². The molecule has 5 rings (SSSR count). The molecule has 1 aromatic carbocycles. The molecule has 41 heavy (non-hydrogen) atoms. The van der Waals surface area contributed by atoms with Gasteiger partial charge in [-0.15, -0.1) is 0 Å². The van der Waals surface area contributed by atoms with Crippen molar-refractivity contribution in [2.24, 2.45) is 7.05 Å². The Labute approximate surface area is 247 Å². The molecule has 10 nitrogen and oxygen atoms in total. The molecule has 4 aromatic rings. The molecule has 1 amide bonds. The highest BCUT2D eigenvalue weighted by Gasteiger charge is 2.32. The minimum atomic E-state index is -0.567. The Bertz CT molecular complexity index is 1630. The molecule has 0 radical (unpaired) electrons. The average Bonchev–Trinajstić information content (AvgIpc) is 3.33. The molecule has 1 aliphatic rings. The number of pyridine rings is 2. The van der Waals surface area contributed by atoms with E-state index in [1.54, 1.807) is 55.8 Å². The van der Waals surface area contributed by atoms with Gasteiger partial charge in [-0.3, -0.25) is 9.36 Å². The van der Waals surface area contributed by atoms with Crippen LogP contribution >= 0.6 is 23.2 Å². The minimum Gasteiger partial charge on any atom is -0.487 e. The van der Waals surface area contributed by atoms with Crippen LogP contribution in [0.1, 0.15) is 40.0 Å². The third-order valence-corrected chi connectivity index (χ3v) is 7.23. The second kappa shape index (κ2) is 11.5. The van der Waals surface area contributed by atoms with Crippen LogP contribution in [0.2, 0.25) is 10.0 Å². The van der Waals surface area contributed by atoms with E-state index in [2.05, 4.69) is 25.6 Å². The second-order valence-electron chi connectivity index (χ2n) is 10.8. The van der Waals surface area contributed by atoms with Gasteiger partial charge in [-0.25, -0.2) is 14.8 Å². The average molecular weight is 598 g/mol. The molecule has 3 aromatic heterocycles. The van der Waals surface area contributed by atoms with Gasteiger partial charge < -0.3 is 20.1 Å². The van der Waals surface area contributed by atoms with E-state index >= 15 is 0 Å². The van der Waals surface area contributed by atoms with Crippen molar-refractivity contribution in [3.8, 4) is 16.9 Å². The number of aromatic nitrogens is 4. The zero-order chi connectivity index (χ0) is 29.3. The summed E-state index contributed by atoms with van der Waals surface area (Å²) >= 11 is 12.7. The summed E-state index contributed by atoms with van der Waals surface area (Å²) in [6.07, 6.45) is 5.15. The zero-order valence-electron chi connectivity index (χ0n) is 23.1. The summed E-state index contributed by atoms with van der Waals surface area (Å²) in [4.78, 5) is 38.7. The van der Waals surface area contributed by atoms with Crippen LogP contribution in [0.5, 0.6) is 5.75 Å². The fraction of sp³-hybridized carbons (Fsp3) is 0.345. The monoisotopic (exact) mass is 596 g/mol. The third kappa shape index (κ3) is 6.55. The van der Waals surface area contributed by atoms with E-state index < -0.39 is 11.7 Å². The molecule has 0 aliphatic heterocycles. The topological polar surface area (TPSA) is 120 Å². The van der Waals surface area contributed by atoms with Gasteiger partial charge in [0.15, 0.2) is 0 Å². The summed E-state index contributed by atoms with van der Waals surface area (Å²) in [5, 5.41) is 7.40. The number of fused-ring (bicyclic) bond motifs is 1. The molecule has 0 bridgehead atoms. The number of nitrogens with zero attached hydrogens (tertiary/aromatic N) is 4. The summed E-state index contributed by atoms with van der Waals surface area (Å²) in [6, 6.07) is 10.2. The predicted octanol–water partition coefficient (Wildman–Crippen LogP) is 6.27. The maximum absolute atomic E-state index is 13.2. The minimum absolute atomic E-state index is 0.144. The summed E-state index contributed by atoms with van der Waals surface area (Å²) < 4.78 is 12.9. The van der Waals surface area contributed by atoms with E-state index in [-0.39, 0.29) is 23.7 Å². The van der Waals surface area contributed by atoms with Crippen LogP contribution in [0, 0.1) is 0 Å². The first kappa shape index (κ1) is 28.6. The Morgan fingerprint density at radius 1 is 1.07 bits per heavy atom. The van der Waals surface area contributed by atoms with Crippen LogP contribution in [0.3, 0.4) is 0 Å². The number of amides is 1. The number of benzene rings is 1. The number of halogens is 2. The number of aryl methyl sites for hydroxylation is 1. The van der Waals surface area contributed by atoms with E-state index in [0.29, 0.717) is 43.8 Å². The molecule has 12 heteroatoms. The largest absolute Gasteiger partial charge is 0.487 e. The fourth-order valence-electron chi connectivity index (χ4n) is 4.75. The number of ether oxygens (including phenoxy) is 2. The Morgan fingerprint density at radius 2 is 1.83 bits per heavy atom. The maximum atomic E-state index is 13.2. The lowest BCUT2D eigenvalue weighted by Gasteiger charge is -2.25. The van der Waals surface area contributed by atoms with Gasteiger partial charge in [0.05, 0.1) is 27.8 Å². The van der Waals surface area contributed by atoms with Crippen LogP contribution in [-0.2, 0) is 11.8 Å². The van der Waals surface area contributed by atoms with Gasteiger partial charge in [-0.05, 0) is 70.4 Å². The fourth-order valence-corrected chi connectivity index (χ4v) is 5.35. The van der Waals surface area contributed by atoms with E-state index in [1.807, 2.05) is 20.8 Å². The van der Waals surface area contributed by atoms with Gasteiger partial charge in [0.2, 0.25) is 5.95 Å². The Kier molecular flexibility index (Phi) is 8.06. The number of nitrogens with one attached hydrogen (secondary N) is 2. The van der Waals surface area contributed by atoms with Crippen molar-refractivity contribution in [1.29, 1.82) is 0 Å². The lowest BCUT2D eigenvalue weighted by atomic mass is 10.1.